The van der Waals surface area contributed by atoms with E-state index in [-0.39, 0.29) is 12.4 Å². The smallest absolute Gasteiger partial charge is 0.159 e. The number of Topliss-reactive ketones (excluding diaryl/α,β-unsaturated/α-hetero) is 1. The van der Waals surface area contributed by atoms with Crippen LogP contribution in [0, 0.1) is 0 Å². The standard InChI is InChI=1S/C21H27NO3/c1-3-12-22(14-18-8-5-4-6-9-18)15-20(24)16-25-21-11-7-10-19(13-21)17(2)23/h4-11,13,20,24H,3,12,14-16H2,1-2H3. The molecule has 2 aromatic carbocycles. The third-order valence-electron chi connectivity index (χ3n) is 3.94. The second kappa shape index (κ2) is 9.97. The molecule has 4 heteroatoms. The Morgan fingerprint density at radius 2 is 1.92 bits per heavy atom. The third-order valence-corrected chi connectivity index (χ3v) is 3.94. The van der Waals surface area contributed by atoms with E-state index >= 15 is 0 Å². The van der Waals surface area contributed by atoms with Crippen molar-refractivity contribution < 1.29 is 14.6 Å². The summed E-state index contributed by atoms with van der Waals surface area (Å²) in [6.07, 6.45) is 0.442. The Bertz CT molecular complexity index is 657. The summed E-state index contributed by atoms with van der Waals surface area (Å²) in [5.74, 6) is 0.611. The Labute approximate surface area is 150 Å². The van der Waals surface area contributed by atoms with E-state index in [2.05, 4.69) is 24.0 Å². The molecule has 1 atom stereocenters. The van der Waals surface area contributed by atoms with E-state index in [1.54, 1.807) is 24.3 Å². The number of hydrogen-bond donors (Lipinski definition) is 1. The summed E-state index contributed by atoms with van der Waals surface area (Å²) in [4.78, 5) is 13.6. The van der Waals surface area contributed by atoms with Crippen molar-refractivity contribution in [2.24, 2.45) is 0 Å². The van der Waals surface area contributed by atoms with Crippen LogP contribution in [0.4, 0.5) is 0 Å². The van der Waals surface area contributed by atoms with Crippen molar-refractivity contribution in [1.29, 1.82) is 0 Å². The van der Waals surface area contributed by atoms with Crippen LogP contribution >= 0.6 is 0 Å². The minimum Gasteiger partial charge on any atom is -0.491 e. The number of hydrogen-bond acceptors (Lipinski definition) is 4. The molecule has 0 saturated carbocycles. The summed E-state index contributed by atoms with van der Waals surface area (Å²) >= 11 is 0. The highest BCUT2D eigenvalue weighted by Gasteiger charge is 2.13. The van der Waals surface area contributed by atoms with Crippen molar-refractivity contribution in [3.8, 4) is 5.75 Å². The van der Waals surface area contributed by atoms with E-state index < -0.39 is 6.10 Å². The first-order chi connectivity index (χ1) is 12.1. The first kappa shape index (κ1) is 19.2. The number of benzene rings is 2. The number of aliphatic hydroxyl groups is 1. The highest BCUT2D eigenvalue weighted by atomic mass is 16.5. The average Bonchev–Trinajstić information content (AvgIpc) is 2.61. The summed E-state index contributed by atoms with van der Waals surface area (Å²) in [6, 6.07) is 17.3. The maximum atomic E-state index is 11.4. The molecule has 0 heterocycles. The second-order valence-electron chi connectivity index (χ2n) is 6.27. The Morgan fingerprint density at radius 1 is 1.16 bits per heavy atom. The van der Waals surface area contributed by atoms with Gasteiger partial charge < -0.3 is 9.84 Å². The Balaban J connectivity index is 1.87. The fraction of sp³-hybridized carbons (Fsp3) is 0.381. The van der Waals surface area contributed by atoms with Crippen LogP contribution in [0.2, 0.25) is 0 Å². The highest BCUT2D eigenvalue weighted by molar-refractivity contribution is 5.94. The van der Waals surface area contributed by atoms with E-state index in [4.69, 9.17) is 4.74 Å². The van der Waals surface area contributed by atoms with Gasteiger partial charge in [-0.25, -0.2) is 0 Å². The fourth-order valence-corrected chi connectivity index (χ4v) is 2.74. The minimum atomic E-state index is -0.587. The molecule has 0 saturated heterocycles. The molecule has 0 aliphatic carbocycles. The van der Waals surface area contributed by atoms with Gasteiger partial charge in [-0.15, -0.1) is 0 Å². The maximum Gasteiger partial charge on any atom is 0.159 e. The van der Waals surface area contributed by atoms with Crippen molar-refractivity contribution in [2.45, 2.75) is 32.9 Å². The lowest BCUT2D eigenvalue weighted by Gasteiger charge is -2.24. The Hall–Kier alpha value is -2.17. The van der Waals surface area contributed by atoms with Gasteiger partial charge in [0.1, 0.15) is 18.5 Å². The molecule has 2 rings (SSSR count). The molecule has 1 unspecified atom stereocenters. The molecule has 2 aromatic rings. The summed E-state index contributed by atoms with van der Waals surface area (Å²) in [7, 11) is 0. The van der Waals surface area contributed by atoms with Crippen LogP contribution in [0.3, 0.4) is 0 Å². The molecule has 0 aliphatic rings. The topological polar surface area (TPSA) is 49.8 Å². The number of carbonyl (C=O) groups excluding carboxylic acids is 1. The van der Waals surface area contributed by atoms with Gasteiger partial charge >= 0.3 is 0 Å². The predicted octanol–water partition coefficient (Wildman–Crippen LogP) is 3.54. The molecule has 0 fully saturated rings. The predicted molar refractivity (Wildman–Crippen MR) is 100.0 cm³/mol. The van der Waals surface area contributed by atoms with Gasteiger partial charge in [0, 0.05) is 18.7 Å². The Morgan fingerprint density at radius 3 is 2.60 bits per heavy atom. The SMILES string of the molecule is CCCN(Cc1ccccc1)CC(O)COc1cccc(C(C)=O)c1. The van der Waals surface area contributed by atoms with E-state index in [0.29, 0.717) is 17.9 Å². The zero-order valence-corrected chi connectivity index (χ0v) is 15.0. The number of ketones is 1. The number of carbonyl (C=O) groups is 1. The monoisotopic (exact) mass is 341 g/mol. The van der Waals surface area contributed by atoms with Gasteiger partial charge in [-0.3, -0.25) is 9.69 Å². The molecule has 0 spiro atoms. The van der Waals surface area contributed by atoms with Crippen molar-refractivity contribution in [2.75, 3.05) is 19.7 Å². The van der Waals surface area contributed by atoms with Crippen LogP contribution in [-0.2, 0) is 6.54 Å². The Kier molecular flexibility index (Phi) is 7.64. The van der Waals surface area contributed by atoms with E-state index in [1.807, 2.05) is 18.2 Å². The first-order valence-corrected chi connectivity index (χ1v) is 8.76. The molecular weight excluding hydrogens is 314 g/mol. The zero-order chi connectivity index (χ0) is 18.1. The zero-order valence-electron chi connectivity index (χ0n) is 15.0. The molecule has 0 amide bonds. The lowest BCUT2D eigenvalue weighted by Crippen LogP contribution is -2.35. The van der Waals surface area contributed by atoms with Crippen molar-refractivity contribution in [3.63, 3.8) is 0 Å². The summed E-state index contributed by atoms with van der Waals surface area (Å²) in [6.45, 7) is 6.15. The van der Waals surface area contributed by atoms with Crippen molar-refractivity contribution >= 4 is 5.78 Å². The first-order valence-electron chi connectivity index (χ1n) is 8.76. The summed E-state index contributed by atoms with van der Waals surface area (Å²) < 4.78 is 5.66. The van der Waals surface area contributed by atoms with E-state index in [1.165, 1.54) is 12.5 Å². The van der Waals surface area contributed by atoms with Gasteiger partial charge in [-0.05, 0) is 37.6 Å². The molecule has 1 N–H and O–H groups in total. The van der Waals surface area contributed by atoms with Crippen molar-refractivity contribution in [3.05, 3.63) is 65.7 Å². The van der Waals surface area contributed by atoms with Gasteiger partial charge in [-0.1, -0.05) is 49.4 Å². The fourth-order valence-electron chi connectivity index (χ4n) is 2.74. The molecule has 0 aliphatic heterocycles. The van der Waals surface area contributed by atoms with Crippen LogP contribution in [0.1, 0.15) is 36.2 Å². The quantitative estimate of drug-likeness (QED) is 0.672. The number of rotatable bonds is 10. The highest BCUT2D eigenvalue weighted by Crippen LogP contribution is 2.14. The van der Waals surface area contributed by atoms with Crippen LogP contribution in [0.5, 0.6) is 5.75 Å². The lowest BCUT2D eigenvalue weighted by atomic mass is 10.1. The number of aliphatic hydroxyl groups excluding tert-OH is 1. The summed E-state index contributed by atoms with van der Waals surface area (Å²) in [5.41, 5.74) is 1.85. The van der Waals surface area contributed by atoms with Gasteiger partial charge in [0.15, 0.2) is 5.78 Å². The minimum absolute atomic E-state index is 0.00276. The lowest BCUT2D eigenvalue weighted by molar-refractivity contribution is 0.0655. The molecule has 134 valence electrons. The van der Waals surface area contributed by atoms with Crippen LogP contribution in [0.15, 0.2) is 54.6 Å². The van der Waals surface area contributed by atoms with Gasteiger partial charge in [0.05, 0.1) is 0 Å². The second-order valence-corrected chi connectivity index (χ2v) is 6.27. The van der Waals surface area contributed by atoms with Crippen LogP contribution < -0.4 is 4.74 Å². The summed E-state index contributed by atoms with van der Waals surface area (Å²) in [5, 5.41) is 10.3. The molecular formula is C21H27NO3. The van der Waals surface area contributed by atoms with Gasteiger partial charge in [0.2, 0.25) is 0 Å². The molecule has 4 nitrogen and oxygen atoms in total. The van der Waals surface area contributed by atoms with Gasteiger partial charge in [0.25, 0.3) is 0 Å². The molecule has 0 bridgehead atoms. The molecule has 25 heavy (non-hydrogen) atoms. The average molecular weight is 341 g/mol. The molecule has 0 aromatic heterocycles. The van der Waals surface area contributed by atoms with Gasteiger partial charge in [-0.2, -0.15) is 0 Å². The van der Waals surface area contributed by atoms with Crippen LogP contribution in [0.25, 0.3) is 0 Å². The van der Waals surface area contributed by atoms with E-state index in [0.717, 1.165) is 19.5 Å². The van der Waals surface area contributed by atoms with Crippen LogP contribution in [-0.4, -0.2) is 41.6 Å². The number of ether oxygens (including phenoxy) is 1. The normalized spacial score (nSPS) is 12.2. The largest absolute Gasteiger partial charge is 0.491 e. The van der Waals surface area contributed by atoms with E-state index in [9.17, 15) is 9.90 Å². The number of nitrogens with zero attached hydrogens (tertiary/aromatic N) is 1. The maximum absolute atomic E-state index is 11.4. The van der Waals surface area contributed by atoms with Crippen molar-refractivity contribution in [1.82, 2.24) is 4.90 Å². The third kappa shape index (κ3) is 6.69. The molecule has 0 radical (unpaired) electrons.